The molecule has 0 aromatic carbocycles. The number of aryl methyl sites for hydroxylation is 1. The van der Waals surface area contributed by atoms with Gasteiger partial charge in [0.2, 0.25) is 5.91 Å². The van der Waals surface area contributed by atoms with Gasteiger partial charge in [0.15, 0.2) is 0 Å². The van der Waals surface area contributed by atoms with E-state index in [1.54, 1.807) is 7.05 Å². The Hall–Kier alpha value is -2.05. The molecular formula is C12H20N4O3. The highest BCUT2D eigenvalue weighted by atomic mass is 16.2. The third-order valence-electron chi connectivity index (χ3n) is 2.92. The van der Waals surface area contributed by atoms with Crippen molar-refractivity contribution >= 4 is 11.6 Å². The molecule has 0 saturated carbocycles. The molecule has 0 radical (unpaired) electrons. The molecule has 1 amide bonds. The van der Waals surface area contributed by atoms with E-state index in [2.05, 4.69) is 0 Å². The number of anilines is 1. The topological polar surface area (TPSA) is 90.3 Å². The lowest BCUT2D eigenvalue weighted by atomic mass is 10.4. The SMILES string of the molecule is CCCn1cc(N)c(=O)n(CC(=O)N(C)CC)c1=O. The minimum atomic E-state index is -0.616. The molecule has 1 rings (SSSR count). The fourth-order valence-electron chi connectivity index (χ4n) is 1.65. The lowest BCUT2D eigenvalue weighted by Crippen LogP contribution is -2.44. The van der Waals surface area contributed by atoms with Gasteiger partial charge in [0, 0.05) is 26.3 Å². The molecule has 106 valence electrons. The molecule has 0 aliphatic carbocycles. The van der Waals surface area contributed by atoms with Crippen LogP contribution in [-0.2, 0) is 17.9 Å². The Morgan fingerprint density at radius 3 is 2.53 bits per heavy atom. The largest absolute Gasteiger partial charge is 0.393 e. The van der Waals surface area contributed by atoms with Crippen LogP contribution in [-0.4, -0.2) is 33.5 Å². The van der Waals surface area contributed by atoms with Gasteiger partial charge in [-0.1, -0.05) is 6.92 Å². The third kappa shape index (κ3) is 3.24. The fraction of sp³-hybridized carbons (Fsp3) is 0.583. The molecule has 2 N–H and O–H groups in total. The summed E-state index contributed by atoms with van der Waals surface area (Å²) in [5.74, 6) is -0.296. The first kappa shape index (κ1) is 15.0. The fourth-order valence-corrected chi connectivity index (χ4v) is 1.65. The van der Waals surface area contributed by atoms with Crippen LogP contribution < -0.4 is 17.0 Å². The maximum absolute atomic E-state index is 12.1. The predicted octanol–water partition coefficient (Wildman–Crippen LogP) is -0.519. The van der Waals surface area contributed by atoms with Gasteiger partial charge in [0.25, 0.3) is 5.56 Å². The van der Waals surface area contributed by atoms with Gasteiger partial charge in [-0.05, 0) is 13.3 Å². The number of nitrogens with two attached hydrogens (primary N) is 1. The molecule has 0 saturated heterocycles. The molecule has 0 aliphatic rings. The monoisotopic (exact) mass is 268 g/mol. The molecule has 0 atom stereocenters. The van der Waals surface area contributed by atoms with Crippen LogP contribution in [0.15, 0.2) is 15.8 Å². The molecule has 0 fully saturated rings. The summed E-state index contributed by atoms with van der Waals surface area (Å²) in [6.07, 6.45) is 2.07. The standard InChI is InChI=1S/C12H20N4O3/c1-4-6-15-7-9(13)11(18)16(12(15)19)8-10(17)14(3)5-2/h7H,4-6,8,13H2,1-3H3. The van der Waals surface area contributed by atoms with Crippen LogP contribution in [0.2, 0.25) is 0 Å². The smallest absolute Gasteiger partial charge is 0.331 e. The normalized spacial score (nSPS) is 10.5. The van der Waals surface area contributed by atoms with Crippen LogP contribution >= 0.6 is 0 Å². The van der Waals surface area contributed by atoms with E-state index in [0.717, 1.165) is 11.0 Å². The van der Waals surface area contributed by atoms with Gasteiger partial charge in [0.1, 0.15) is 12.2 Å². The summed E-state index contributed by atoms with van der Waals surface area (Å²) in [6.45, 7) is 4.42. The summed E-state index contributed by atoms with van der Waals surface area (Å²) in [7, 11) is 1.62. The number of amides is 1. The minimum absolute atomic E-state index is 0.0278. The van der Waals surface area contributed by atoms with Crippen molar-refractivity contribution in [1.82, 2.24) is 14.0 Å². The predicted molar refractivity (Wildman–Crippen MR) is 73.0 cm³/mol. The second-order valence-electron chi connectivity index (χ2n) is 4.36. The van der Waals surface area contributed by atoms with Crippen molar-refractivity contribution in [2.45, 2.75) is 33.4 Å². The lowest BCUT2D eigenvalue weighted by Gasteiger charge is -2.16. The van der Waals surface area contributed by atoms with Crippen LogP contribution in [0, 0.1) is 0 Å². The summed E-state index contributed by atoms with van der Waals surface area (Å²) >= 11 is 0. The van der Waals surface area contributed by atoms with Gasteiger partial charge in [-0.25, -0.2) is 9.36 Å². The van der Waals surface area contributed by atoms with Crippen LogP contribution in [0.25, 0.3) is 0 Å². The van der Waals surface area contributed by atoms with Crippen molar-refractivity contribution in [3.63, 3.8) is 0 Å². The van der Waals surface area contributed by atoms with Crippen LogP contribution in [0.5, 0.6) is 0 Å². The molecule has 7 heteroatoms. The maximum Gasteiger partial charge on any atom is 0.331 e. The number of carbonyl (C=O) groups excluding carboxylic acids is 1. The Morgan fingerprint density at radius 1 is 1.37 bits per heavy atom. The molecule has 0 unspecified atom stereocenters. The number of carbonyl (C=O) groups is 1. The maximum atomic E-state index is 12.1. The molecule has 0 spiro atoms. The number of aromatic nitrogens is 2. The molecular weight excluding hydrogens is 248 g/mol. The zero-order valence-corrected chi connectivity index (χ0v) is 11.5. The van der Waals surface area contributed by atoms with E-state index in [1.807, 2.05) is 13.8 Å². The zero-order valence-electron chi connectivity index (χ0n) is 11.5. The van der Waals surface area contributed by atoms with E-state index in [9.17, 15) is 14.4 Å². The zero-order chi connectivity index (χ0) is 14.6. The highest BCUT2D eigenvalue weighted by Crippen LogP contribution is 1.93. The van der Waals surface area contributed by atoms with Crippen molar-refractivity contribution in [3.05, 3.63) is 27.0 Å². The summed E-state index contributed by atoms with van der Waals surface area (Å²) in [5.41, 5.74) is 4.44. The van der Waals surface area contributed by atoms with E-state index >= 15 is 0 Å². The van der Waals surface area contributed by atoms with Crippen LogP contribution in [0.4, 0.5) is 5.69 Å². The molecule has 1 heterocycles. The van der Waals surface area contributed by atoms with E-state index in [0.29, 0.717) is 13.1 Å². The number of nitrogens with zero attached hydrogens (tertiary/aromatic N) is 3. The van der Waals surface area contributed by atoms with Crippen molar-refractivity contribution in [2.24, 2.45) is 0 Å². The number of likely N-dealkylation sites (N-methyl/N-ethyl adjacent to an activating group) is 1. The highest BCUT2D eigenvalue weighted by Gasteiger charge is 2.14. The van der Waals surface area contributed by atoms with Gasteiger partial charge in [-0.2, -0.15) is 0 Å². The Bertz CT molecular complexity index is 573. The molecule has 1 aromatic rings. The summed E-state index contributed by atoms with van der Waals surface area (Å²) < 4.78 is 2.25. The van der Waals surface area contributed by atoms with Crippen molar-refractivity contribution in [2.75, 3.05) is 19.3 Å². The molecule has 0 aliphatic heterocycles. The first-order chi connectivity index (χ1) is 8.92. The van der Waals surface area contributed by atoms with Crippen molar-refractivity contribution in [1.29, 1.82) is 0 Å². The van der Waals surface area contributed by atoms with E-state index in [-0.39, 0.29) is 18.1 Å². The summed E-state index contributed by atoms with van der Waals surface area (Å²) in [6, 6.07) is 0. The lowest BCUT2D eigenvalue weighted by molar-refractivity contribution is -0.130. The van der Waals surface area contributed by atoms with Gasteiger partial charge in [-0.3, -0.25) is 14.2 Å². The summed E-state index contributed by atoms with van der Waals surface area (Å²) in [5, 5.41) is 0. The quantitative estimate of drug-likeness (QED) is 0.778. The average Bonchev–Trinajstić information content (AvgIpc) is 2.39. The van der Waals surface area contributed by atoms with Crippen LogP contribution in [0.1, 0.15) is 20.3 Å². The Labute approximate surface area is 111 Å². The van der Waals surface area contributed by atoms with Crippen molar-refractivity contribution < 1.29 is 4.79 Å². The number of hydrogen-bond donors (Lipinski definition) is 1. The van der Waals surface area contributed by atoms with E-state index < -0.39 is 11.2 Å². The third-order valence-corrected chi connectivity index (χ3v) is 2.92. The minimum Gasteiger partial charge on any atom is -0.393 e. The first-order valence-electron chi connectivity index (χ1n) is 6.26. The average molecular weight is 268 g/mol. The molecule has 0 bridgehead atoms. The molecule has 19 heavy (non-hydrogen) atoms. The van der Waals surface area contributed by atoms with E-state index in [4.69, 9.17) is 5.73 Å². The second-order valence-corrected chi connectivity index (χ2v) is 4.36. The second kappa shape index (κ2) is 6.21. The Kier molecular flexibility index (Phi) is 4.91. The Morgan fingerprint density at radius 2 is 2.00 bits per heavy atom. The summed E-state index contributed by atoms with van der Waals surface area (Å²) in [4.78, 5) is 37.2. The Balaban J connectivity index is 3.23. The molecule has 1 aromatic heterocycles. The highest BCUT2D eigenvalue weighted by molar-refractivity contribution is 5.75. The number of rotatable bonds is 5. The first-order valence-corrected chi connectivity index (χ1v) is 6.26. The molecule has 7 nitrogen and oxygen atoms in total. The number of nitrogen functional groups attached to an aromatic ring is 1. The van der Waals surface area contributed by atoms with Gasteiger partial charge >= 0.3 is 5.69 Å². The number of hydrogen-bond acceptors (Lipinski definition) is 4. The van der Waals surface area contributed by atoms with Crippen molar-refractivity contribution in [3.8, 4) is 0 Å². The van der Waals surface area contributed by atoms with Gasteiger partial charge in [0.05, 0.1) is 0 Å². The van der Waals surface area contributed by atoms with Gasteiger partial charge in [-0.15, -0.1) is 0 Å². The van der Waals surface area contributed by atoms with Gasteiger partial charge < -0.3 is 10.6 Å². The van der Waals surface area contributed by atoms with Crippen LogP contribution in [0.3, 0.4) is 0 Å². The van der Waals surface area contributed by atoms with E-state index in [1.165, 1.54) is 15.7 Å².